The molecular weight excluding hydrogens is 316 g/mol. The van der Waals surface area contributed by atoms with E-state index in [0.29, 0.717) is 11.2 Å². The van der Waals surface area contributed by atoms with Gasteiger partial charge in [-0.1, -0.05) is 18.2 Å². The van der Waals surface area contributed by atoms with E-state index in [1.54, 1.807) is 12.3 Å². The average molecular weight is 330 g/mol. The number of para-hydroxylation sites is 1. The molecule has 4 aromatic rings. The molecule has 1 unspecified atom stereocenters. The van der Waals surface area contributed by atoms with Gasteiger partial charge in [0.25, 0.3) is 0 Å². The molecule has 6 heteroatoms. The van der Waals surface area contributed by atoms with Gasteiger partial charge in [-0.15, -0.1) is 5.10 Å². The Morgan fingerprint density at radius 1 is 0.960 bits per heavy atom. The number of benzene rings is 2. The topological polar surface area (TPSA) is 94.1 Å². The van der Waals surface area contributed by atoms with Crippen LogP contribution in [0.4, 0.5) is 5.69 Å². The number of rotatable bonds is 1. The van der Waals surface area contributed by atoms with Gasteiger partial charge in [-0.2, -0.15) is 5.10 Å². The first-order chi connectivity index (χ1) is 12.2. The lowest BCUT2D eigenvalue weighted by Crippen LogP contribution is -2.11. The SMILES string of the molecule is Oc1ccc(O)c(C2Nc3ccccc3-c3cnnc4[nH]cc2c34)c1. The molecule has 25 heavy (non-hydrogen) atoms. The van der Waals surface area contributed by atoms with Gasteiger partial charge < -0.3 is 20.5 Å². The summed E-state index contributed by atoms with van der Waals surface area (Å²) in [7, 11) is 0. The number of nitrogens with one attached hydrogen (secondary N) is 2. The first-order valence-electron chi connectivity index (χ1n) is 7.93. The molecule has 0 saturated heterocycles. The fourth-order valence-electron chi connectivity index (χ4n) is 3.53. The van der Waals surface area contributed by atoms with Gasteiger partial charge in [0.05, 0.1) is 12.2 Å². The van der Waals surface area contributed by atoms with Crippen molar-refractivity contribution in [3.63, 3.8) is 0 Å². The molecule has 2 aromatic heterocycles. The minimum atomic E-state index is -0.340. The van der Waals surface area contributed by atoms with Crippen molar-refractivity contribution in [3.05, 3.63) is 66.0 Å². The summed E-state index contributed by atoms with van der Waals surface area (Å²) in [6.45, 7) is 0. The zero-order valence-electron chi connectivity index (χ0n) is 13.1. The average Bonchev–Trinajstić information content (AvgIpc) is 3.00. The number of nitrogens with zero attached hydrogens (tertiary/aromatic N) is 2. The van der Waals surface area contributed by atoms with Crippen LogP contribution in [-0.4, -0.2) is 25.4 Å². The minimum absolute atomic E-state index is 0.104. The van der Waals surface area contributed by atoms with E-state index < -0.39 is 0 Å². The van der Waals surface area contributed by atoms with Crippen LogP contribution in [0, 0.1) is 0 Å². The first kappa shape index (κ1) is 13.9. The molecule has 0 spiro atoms. The van der Waals surface area contributed by atoms with E-state index >= 15 is 0 Å². The highest BCUT2D eigenvalue weighted by atomic mass is 16.3. The van der Waals surface area contributed by atoms with E-state index in [1.807, 2.05) is 30.5 Å². The van der Waals surface area contributed by atoms with Crippen LogP contribution in [-0.2, 0) is 0 Å². The number of hydrogen-bond acceptors (Lipinski definition) is 5. The molecule has 122 valence electrons. The van der Waals surface area contributed by atoms with Crippen LogP contribution < -0.4 is 5.32 Å². The monoisotopic (exact) mass is 330 g/mol. The van der Waals surface area contributed by atoms with E-state index in [9.17, 15) is 10.2 Å². The van der Waals surface area contributed by atoms with Crippen LogP contribution in [0.2, 0.25) is 0 Å². The van der Waals surface area contributed by atoms with Crippen LogP contribution >= 0.6 is 0 Å². The standard InChI is InChI=1S/C19H14N4O2/c24-10-5-6-16(25)12(7-10)18-14-8-20-19-17(14)13(9-21-23-19)11-3-1-2-4-15(11)22-18/h1-9,18,22,24-25H,(H,20,23). The molecule has 1 aliphatic heterocycles. The second-order valence-corrected chi connectivity index (χ2v) is 6.09. The Morgan fingerprint density at radius 3 is 2.76 bits per heavy atom. The lowest BCUT2D eigenvalue weighted by molar-refractivity contribution is 0.453. The highest BCUT2D eigenvalue weighted by Gasteiger charge is 2.28. The van der Waals surface area contributed by atoms with Gasteiger partial charge in [0.15, 0.2) is 5.65 Å². The molecule has 6 nitrogen and oxygen atoms in total. The quantitative estimate of drug-likeness (QED) is 0.400. The molecule has 4 N–H and O–H groups in total. The van der Waals surface area contributed by atoms with Crippen molar-refractivity contribution >= 4 is 16.7 Å². The number of aromatic hydroxyl groups is 2. The zero-order chi connectivity index (χ0) is 17.0. The smallest absolute Gasteiger partial charge is 0.160 e. The van der Waals surface area contributed by atoms with Gasteiger partial charge in [-0.25, -0.2) is 0 Å². The number of phenols is 2. The molecule has 0 amide bonds. The van der Waals surface area contributed by atoms with Crippen LogP contribution in [0.5, 0.6) is 11.5 Å². The first-order valence-corrected chi connectivity index (χ1v) is 7.93. The molecule has 2 aromatic carbocycles. The summed E-state index contributed by atoms with van der Waals surface area (Å²) in [5, 5.41) is 33.0. The van der Waals surface area contributed by atoms with Gasteiger partial charge in [0, 0.05) is 39.5 Å². The fourth-order valence-corrected chi connectivity index (χ4v) is 3.53. The van der Waals surface area contributed by atoms with E-state index in [0.717, 1.165) is 27.8 Å². The maximum atomic E-state index is 10.4. The van der Waals surface area contributed by atoms with Gasteiger partial charge in [-0.3, -0.25) is 0 Å². The normalized spacial score (nSPS) is 15.4. The van der Waals surface area contributed by atoms with Crippen molar-refractivity contribution < 1.29 is 10.2 Å². The molecule has 1 aliphatic rings. The Balaban J connectivity index is 1.86. The summed E-state index contributed by atoms with van der Waals surface area (Å²) < 4.78 is 0. The van der Waals surface area contributed by atoms with Gasteiger partial charge in [0.2, 0.25) is 0 Å². The predicted molar refractivity (Wildman–Crippen MR) is 94.6 cm³/mol. The van der Waals surface area contributed by atoms with E-state index in [-0.39, 0.29) is 17.5 Å². The molecule has 0 fully saturated rings. The summed E-state index contributed by atoms with van der Waals surface area (Å²) in [5.41, 5.74) is 5.16. The van der Waals surface area contributed by atoms with Crippen LogP contribution in [0.3, 0.4) is 0 Å². The minimum Gasteiger partial charge on any atom is -0.508 e. The predicted octanol–water partition coefficient (Wildman–Crippen LogP) is 3.55. The fraction of sp³-hybridized carbons (Fsp3) is 0.0526. The number of hydrogen-bond donors (Lipinski definition) is 4. The summed E-state index contributed by atoms with van der Waals surface area (Å²) in [5.74, 6) is 0.222. The number of anilines is 1. The number of aromatic nitrogens is 3. The number of H-pyrrole nitrogens is 1. The Kier molecular flexibility index (Phi) is 2.76. The summed E-state index contributed by atoms with van der Waals surface area (Å²) in [6, 6.07) is 12.2. The molecule has 0 bridgehead atoms. The summed E-state index contributed by atoms with van der Waals surface area (Å²) in [4.78, 5) is 3.15. The molecule has 0 radical (unpaired) electrons. The molecule has 1 atom stereocenters. The summed E-state index contributed by atoms with van der Waals surface area (Å²) in [6.07, 6.45) is 3.63. The van der Waals surface area contributed by atoms with Crippen LogP contribution in [0.25, 0.3) is 22.2 Å². The maximum Gasteiger partial charge on any atom is 0.160 e. The third-order valence-corrected chi connectivity index (χ3v) is 4.65. The number of aromatic amines is 1. The van der Waals surface area contributed by atoms with Gasteiger partial charge in [0.1, 0.15) is 11.5 Å². The molecule has 5 rings (SSSR count). The number of phenolic OH excluding ortho intramolecular Hbond substituents is 2. The molecular formula is C19H14N4O2. The third-order valence-electron chi connectivity index (χ3n) is 4.65. The lowest BCUT2D eigenvalue weighted by atomic mass is 9.97. The third kappa shape index (κ3) is 1.97. The lowest BCUT2D eigenvalue weighted by Gasteiger charge is -2.20. The molecule has 0 aliphatic carbocycles. The van der Waals surface area contributed by atoms with E-state index in [2.05, 4.69) is 20.5 Å². The Labute approximate surface area is 142 Å². The van der Waals surface area contributed by atoms with Crippen molar-refractivity contribution in [2.75, 3.05) is 5.32 Å². The largest absolute Gasteiger partial charge is 0.508 e. The highest BCUT2D eigenvalue weighted by molar-refractivity contribution is 6.00. The summed E-state index contributed by atoms with van der Waals surface area (Å²) >= 11 is 0. The van der Waals surface area contributed by atoms with Gasteiger partial charge >= 0.3 is 0 Å². The van der Waals surface area contributed by atoms with E-state index in [1.165, 1.54) is 12.1 Å². The van der Waals surface area contributed by atoms with Crippen LogP contribution in [0.1, 0.15) is 17.2 Å². The van der Waals surface area contributed by atoms with Crippen molar-refractivity contribution in [2.24, 2.45) is 0 Å². The van der Waals surface area contributed by atoms with Gasteiger partial charge in [-0.05, 0) is 24.3 Å². The molecule has 0 saturated carbocycles. The van der Waals surface area contributed by atoms with Crippen molar-refractivity contribution in [1.82, 2.24) is 15.2 Å². The Morgan fingerprint density at radius 2 is 1.84 bits per heavy atom. The maximum absolute atomic E-state index is 10.4. The Bertz CT molecular complexity index is 1120. The van der Waals surface area contributed by atoms with Crippen molar-refractivity contribution in [3.8, 4) is 22.6 Å². The van der Waals surface area contributed by atoms with Crippen LogP contribution in [0.15, 0.2) is 54.9 Å². The second kappa shape index (κ2) is 4.98. The molecule has 3 heterocycles. The van der Waals surface area contributed by atoms with E-state index in [4.69, 9.17) is 0 Å². The number of fused-ring (bicyclic) bond motifs is 2. The van der Waals surface area contributed by atoms with Crippen molar-refractivity contribution in [2.45, 2.75) is 6.04 Å². The Hall–Kier alpha value is -3.54. The highest BCUT2D eigenvalue weighted by Crippen LogP contribution is 2.45. The second-order valence-electron chi connectivity index (χ2n) is 6.09. The van der Waals surface area contributed by atoms with Crippen molar-refractivity contribution in [1.29, 1.82) is 0 Å². The zero-order valence-corrected chi connectivity index (χ0v) is 13.1.